The van der Waals surface area contributed by atoms with Gasteiger partial charge < -0.3 is 14.2 Å². The van der Waals surface area contributed by atoms with Gasteiger partial charge in [-0.3, -0.25) is 30.6 Å². The van der Waals surface area contributed by atoms with Crippen LogP contribution in [0.3, 0.4) is 0 Å². The summed E-state index contributed by atoms with van der Waals surface area (Å²) in [5.41, 5.74) is 4.46. The molecule has 0 atom stereocenters. The smallest absolute Gasteiger partial charge is 0.327 e. The highest BCUT2D eigenvalue weighted by Crippen LogP contribution is 2.46. The molecule has 2 N–H and O–H groups in total. The number of rotatable bonds is 6. The minimum Gasteiger partial charge on any atom is -0.493 e. The molecule has 28 heavy (non-hydrogen) atoms. The van der Waals surface area contributed by atoms with Crippen molar-refractivity contribution < 1.29 is 28.7 Å². The number of nitro benzene ring substituents is 1. The molecule has 10 nitrogen and oxygen atoms in total. The van der Waals surface area contributed by atoms with Gasteiger partial charge in [0.15, 0.2) is 5.75 Å². The third-order valence-corrected chi connectivity index (χ3v) is 3.91. The third kappa shape index (κ3) is 3.95. The Balaban J connectivity index is 2.38. The summed E-state index contributed by atoms with van der Waals surface area (Å²) >= 11 is 0. The second-order valence-electron chi connectivity index (χ2n) is 5.52. The van der Waals surface area contributed by atoms with Gasteiger partial charge in [-0.2, -0.15) is 0 Å². The van der Waals surface area contributed by atoms with E-state index in [1.54, 1.807) is 31.2 Å². The molecule has 2 aromatic carbocycles. The van der Waals surface area contributed by atoms with Crippen molar-refractivity contribution in [3.63, 3.8) is 0 Å². The second-order valence-corrected chi connectivity index (χ2v) is 5.52. The van der Waals surface area contributed by atoms with Gasteiger partial charge in [-0.1, -0.05) is 18.2 Å². The summed E-state index contributed by atoms with van der Waals surface area (Å²) in [7, 11) is 3.79. The Morgan fingerprint density at radius 2 is 1.50 bits per heavy atom. The highest BCUT2D eigenvalue weighted by molar-refractivity contribution is 6.03. The summed E-state index contributed by atoms with van der Waals surface area (Å²) in [4.78, 5) is 35.5. The van der Waals surface area contributed by atoms with Gasteiger partial charge >= 0.3 is 5.69 Å². The molecule has 0 aliphatic rings. The van der Waals surface area contributed by atoms with Crippen LogP contribution in [0.4, 0.5) is 5.69 Å². The number of hydrogen-bond donors (Lipinski definition) is 2. The van der Waals surface area contributed by atoms with Crippen LogP contribution in [-0.2, 0) is 0 Å². The highest BCUT2D eigenvalue weighted by Gasteiger charge is 2.32. The van der Waals surface area contributed by atoms with E-state index in [0.717, 1.165) is 6.07 Å². The number of methoxy groups -OCH3 is 3. The van der Waals surface area contributed by atoms with Crippen molar-refractivity contribution in [2.45, 2.75) is 6.92 Å². The first kappa shape index (κ1) is 20.5. The summed E-state index contributed by atoms with van der Waals surface area (Å²) in [6, 6.07) is 7.89. The molecule has 0 aliphatic heterocycles. The van der Waals surface area contributed by atoms with Crippen LogP contribution in [0.15, 0.2) is 30.3 Å². The molecule has 0 unspecified atom stereocenters. The topological polar surface area (TPSA) is 129 Å². The van der Waals surface area contributed by atoms with Crippen LogP contribution in [0.2, 0.25) is 0 Å². The molecule has 0 spiro atoms. The van der Waals surface area contributed by atoms with E-state index in [1.165, 1.54) is 21.3 Å². The van der Waals surface area contributed by atoms with Gasteiger partial charge in [-0.15, -0.1) is 0 Å². The lowest BCUT2D eigenvalue weighted by atomic mass is 10.1. The van der Waals surface area contributed by atoms with Crippen molar-refractivity contribution in [1.29, 1.82) is 0 Å². The van der Waals surface area contributed by atoms with E-state index in [0.29, 0.717) is 11.1 Å². The molecule has 0 heterocycles. The van der Waals surface area contributed by atoms with Crippen LogP contribution in [0.1, 0.15) is 26.3 Å². The predicted molar refractivity (Wildman–Crippen MR) is 98.9 cm³/mol. The lowest BCUT2D eigenvalue weighted by Crippen LogP contribution is -2.42. The number of nitro groups is 1. The molecule has 2 aromatic rings. The summed E-state index contributed by atoms with van der Waals surface area (Å²) in [6.45, 7) is 1.74. The van der Waals surface area contributed by atoms with E-state index >= 15 is 0 Å². The van der Waals surface area contributed by atoms with E-state index in [2.05, 4.69) is 10.9 Å². The minimum atomic E-state index is -0.923. The fraction of sp³-hybridized carbons (Fsp3) is 0.222. The Kier molecular flexibility index (Phi) is 6.38. The maximum absolute atomic E-state index is 12.5. The van der Waals surface area contributed by atoms with Crippen LogP contribution < -0.4 is 25.1 Å². The SMILES string of the molecule is COc1cc(C(=O)NNC(=O)c2ccccc2C)c([N+](=O)[O-])c(OC)c1OC. The van der Waals surface area contributed by atoms with Crippen LogP contribution in [0, 0.1) is 17.0 Å². The van der Waals surface area contributed by atoms with E-state index in [1.807, 2.05) is 0 Å². The van der Waals surface area contributed by atoms with Crippen LogP contribution in [-0.4, -0.2) is 38.1 Å². The first-order chi connectivity index (χ1) is 13.3. The third-order valence-electron chi connectivity index (χ3n) is 3.91. The molecule has 0 fully saturated rings. The van der Waals surface area contributed by atoms with E-state index in [4.69, 9.17) is 14.2 Å². The lowest BCUT2D eigenvalue weighted by molar-refractivity contribution is -0.386. The van der Waals surface area contributed by atoms with Crippen molar-refractivity contribution in [1.82, 2.24) is 10.9 Å². The molecular weight excluding hydrogens is 370 g/mol. The van der Waals surface area contributed by atoms with Crippen molar-refractivity contribution in [3.8, 4) is 17.2 Å². The largest absolute Gasteiger partial charge is 0.493 e. The van der Waals surface area contributed by atoms with Gasteiger partial charge in [-0.25, -0.2) is 0 Å². The molecule has 2 rings (SSSR count). The minimum absolute atomic E-state index is 0.0304. The number of nitrogens with zero attached hydrogens (tertiary/aromatic N) is 1. The predicted octanol–water partition coefficient (Wildman–Crippen LogP) is 2.00. The molecule has 2 amide bonds. The van der Waals surface area contributed by atoms with Crippen molar-refractivity contribution in [2.24, 2.45) is 0 Å². The molecule has 0 aromatic heterocycles. The van der Waals surface area contributed by atoms with Gasteiger partial charge in [0.05, 0.1) is 26.3 Å². The number of hydrogen-bond acceptors (Lipinski definition) is 7. The maximum atomic E-state index is 12.5. The quantitative estimate of drug-likeness (QED) is 0.571. The standard InChI is InChI=1S/C18H19N3O7/c1-10-7-5-6-8-11(10)17(22)19-20-18(23)12-9-13(26-2)15(27-3)16(28-4)14(12)21(24)25/h5-9H,1-4H3,(H,19,22)(H,20,23). The molecule has 0 aliphatic carbocycles. The van der Waals surface area contributed by atoms with Crippen LogP contribution in [0.5, 0.6) is 17.2 Å². The van der Waals surface area contributed by atoms with Crippen LogP contribution in [0.25, 0.3) is 0 Å². The van der Waals surface area contributed by atoms with Gasteiger partial charge in [0, 0.05) is 11.6 Å². The fourth-order valence-electron chi connectivity index (χ4n) is 2.57. The average molecular weight is 389 g/mol. The first-order valence-electron chi connectivity index (χ1n) is 7.99. The summed E-state index contributed by atoms with van der Waals surface area (Å²) < 4.78 is 15.3. The Morgan fingerprint density at radius 1 is 0.929 bits per heavy atom. The molecule has 0 saturated carbocycles. The summed E-state index contributed by atoms with van der Waals surface area (Å²) in [6.07, 6.45) is 0. The number of hydrazine groups is 1. The molecule has 0 saturated heterocycles. The highest BCUT2D eigenvalue weighted by atomic mass is 16.6. The number of nitrogens with one attached hydrogen (secondary N) is 2. The number of amides is 2. The zero-order valence-electron chi connectivity index (χ0n) is 15.7. The number of aryl methyl sites for hydroxylation is 1. The van der Waals surface area contributed by atoms with Crippen molar-refractivity contribution in [2.75, 3.05) is 21.3 Å². The second kappa shape index (κ2) is 8.71. The Labute approximate surface area is 160 Å². The van der Waals surface area contributed by atoms with E-state index in [-0.39, 0.29) is 22.8 Å². The van der Waals surface area contributed by atoms with Gasteiger partial charge in [-0.05, 0) is 18.6 Å². The maximum Gasteiger partial charge on any atom is 0.327 e. The monoisotopic (exact) mass is 389 g/mol. The Bertz CT molecular complexity index is 928. The molecule has 148 valence electrons. The fourth-order valence-corrected chi connectivity index (χ4v) is 2.57. The molecule has 10 heteroatoms. The van der Waals surface area contributed by atoms with Gasteiger partial charge in [0.25, 0.3) is 11.8 Å². The van der Waals surface area contributed by atoms with Crippen LogP contribution >= 0.6 is 0 Å². The number of carbonyl (C=O) groups is 2. The van der Waals surface area contributed by atoms with Crippen molar-refractivity contribution >= 4 is 17.5 Å². The molecule has 0 radical (unpaired) electrons. The first-order valence-corrected chi connectivity index (χ1v) is 7.99. The Morgan fingerprint density at radius 3 is 2.00 bits per heavy atom. The van der Waals surface area contributed by atoms with Crippen molar-refractivity contribution in [3.05, 3.63) is 57.1 Å². The zero-order valence-corrected chi connectivity index (χ0v) is 15.7. The molecule has 0 bridgehead atoms. The van der Waals surface area contributed by atoms with E-state index in [9.17, 15) is 19.7 Å². The van der Waals surface area contributed by atoms with Gasteiger partial charge in [0.2, 0.25) is 11.5 Å². The summed E-state index contributed by atoms with van der Waals surface area (Å²) in [5.74, 6) is -1.74. The number of benzene rings is 2. The average Bonchev–Trinajstić information content (AvgIpc) is 2.69. The zero-order chi connectivity index (χ0) is 20.8. The normalized spacial score (nSPS) is 10.0. The summed E-state index contributed by atoms with van der Waals surface area (Å²) in [5, 5.41) is 11.5. The Hall–Kier alpha value is -3.82. The van der Waals surface area contributed by atoms with E-state index < -0.39 is 22.4 Å². The lowest BCUT2D eigenvalue weighted by Gasteiger charge is -2.15. The number of carbonyl (C=O) groups excluding carboxylic acids is 2. The molecular formula is C18H19N3O7. The number of ether oxygens (including phenoxy) is 3. The van der Waals surface area contributed by atoms with Gasteiger partial charge in [0.1, 0.15) is 5.56 Å².